The van der Waals surface area contributed by atoms with E-state index in [4.69, 9.17) is 0 Å². The van der Waals surface area contributed by atoms with Gasteiger partial charge in [-0.15, -0.1) is 6.58 Å². The molecular weight excluding hydrogens is 200 g/mol. The van der Waals surface area contributed by atoms with Gasteiger partial charge in [0.15, 0.2) is 0 Å². The van der Waals surface area contributed by atoms with Crippen LogP contribution in [0, 0.1) is 19.8 Å². The number of anilines is 1. The van der Waals surface area contributed by atoms with Crippen LogP contribution in [-0.4, -0.2) is 17.4 Å². The van der Waals surface area contributed by atoms with E-state index in [1.807, 2.05) is 37.0 Å². The second-order valence-corrected chi connectivity index (χ2v) is 4.26. The van der Waals surface area contributed by atoms with Crippen molar-refractivity contribution in [2.45, 2.75) is 20.3 Å². The van der Waals surface area contributed by atoms with E-state index in [1.165, 1.54) is 0 Å². The van der Waals surface area contributed by atoms with Gasteiger partial charge in [0.1, 0.15) is 0 Å². The molecule has 1 aromatic heterocycles. The van der Waals surface area contributed by atoms with Gasteiger partial charge in [0.05, 0.1) is 11.4 Å². The highest BCUT2D eigenvalue weighted by molar-refractivity contribution is 5.96. The number of pyridine rings is 1. The predicted molar refractivity (Wildman–Crippen MR) is 64.4 cm³/mol. The maximum absolute atomic E-state index is 11.8. The summed E-state index contributed by atoms with van der Waals surface area (Å²) in [5, 5.41) is 0. The number of rotatable bonds is 2. The minimum absolute atomic E-state index is 0.165. The Labute approximate surface area is 95.8 Å². The molecule has 2 heterocycles. The highest BCUT2D eigenvalue weighted by Gasteiger charge is 2.29. The van der Waals surface area contributed by atoms with Crippen molar-refractivity contribution in [3.05, 3.63) is 36.2 Å². The summed E-state index contributed by atoms with van der Waals surface area (Å²) < 4.78 is 0. The molecule has 1 aliphatic rings. The Balaban J connectivity index is 2.31. The van der Waals surface area contributed by atoms with E-state index in [0.717, 1.165) is 23.6 Å². The molecule has 1 atom stereocenters. The fourth-order valence-corrected chi connectivity index (χ4v) is 2.09. The molecule has 0 spiro atoms. The van der Waals surface area contributed by atoms with Gasteiger partial charge in [-0.3, -0.25) is 9.78 Å². The van der Waals surface area contributed by atoms with Crippen molar-refractivity contribution in [1.29, 1.82) is 0 Å². The van der Waals surface area contributed by atoms with Gasteiger partial charge in [0.25, 0.3) is 0 Å². The Morgan fingerprint density at radius 2 is 2.25 bits per heavy atom. The van der Waals surface area contributed by atoms with Crippen LogP contribution in [-0.2, 0) is 4.79 Å². The SMILES string of the molecule is C=CC1CC(=O)N(c2ccc(C)nc2C)C1. The average molecular weight is 216 g/mol. The average Bonchev–Trinajstić information content (AvgIpc) is 2.60. The second kappa shape index (κ2) is 4.08. The molecule has 1 aliphatic heterocycles. The highest BCUT2D eigenvalue weighted by atomic mass is 16.2. The Morgan fingerprint density at radius 3 is 2.81 bits per heavy atom. The molecule has 2 rings (SSSR count). The van der Waals surface area contributed by atoms with Crippen molar-refractivity contribution in [3.63, 3.8) is 0 Å². The lowest BCUT2D eigenvalue weighted by atomic mass is 10.1. The van der Waals surface area contributed by atoms with E-state index in [9.17, 15) is 4.79 Å². The lowest BCUT2D eigenvalue weighted by molar-refractivity contribution is -0.117. The molecule has 3 heteroatoms. The van der Waals surface area contributed by atoms with Crippen LogP contribution in [0.15, 0.2) is 24.8 Å². The lowest BCUT2D eigenvalue weighted by Gasteiger charge is -2.18. The zero-order chi connectivity index (χ0) is 11.7. The molecule has 0 radical (unpaired) electrons. The fourth-order valence-electron chi connectivity index (χ4n) is 2.09. The summed E-state index contributed by atoms with van der Waals surface area (Å²) in [5.41, 5.74) is 2.83. The van der Waals surface area contributed by atoms with Gasteiger partial charge in [-0.1, -0.05) is 6.08 Å². The van der Waals surface area contributed by atoms with Crippen LogP contribution in [0.4, 0.5) is 5.69 Å². The van der Waals surface area contributed by atoms with Crippen LogP contribution in [0.25, 0.3) is 0 Å². The van der Waals surface area contributed by atoms with E-state index in [0.29, 0.717) is 6.42 Å². The van der Waals surface area contributed by atoms with Gasteiger partial charge >= 0.3 is 0 Å². The van der Waals surface area contributed by atoms with Crippen molar-refractivity contribution >= 4 is 11.6 Å². The first-order valence-corrected chi connectivity index (χ1v) is 5.49. The fraction of sp³-hybridized carbons (Fsp3) is 0.385. The maximum atomic E-state index is 11.8. The summed E-state index contributed by atoms with van der Waals surface area (Å²) >= 11 is 0. The zero-order valence-electron chi connectivity index (χ0n) is 9.73. The molecule has 0 saturated carbocycles. The Kier molecular flexibility index (Phi) is 2.77. The molecule has 1 aromatic rings. The first-order chi connectivity index (χ1) is 7.61. The number of carbonyl (C=O) groups is 1. The third-order valence-corrected chi connectivity index (χ3v) is 2.98. The summed E-state index contributed by atoms with van der Waals surface area (Å²) in [6.07, 6.45) is 2.42. The summed E-state index contributed by atoms with van der Waals surface area (Å²) in [7, 11) is 0. The van der Waals surface area contributed by atoms with Crippen LogP contribution in [0.2, 0.25) is 0 Å². The third kappa shape index (κ3) is 1.85. The van der Waals surface area contributed by atoms with Crippen molar-refractivity contribution in [2.75, 3.05) is 11.4 Å². The van der Waals surface area contributed by atoms with Gasteiger partial charge in [0, 0.05) is 24.6 Å². The van der Waals surface area contributed by atoms with Crippen molar-refractivity contribution < 1.29 is 4.79 Å². The first kappa shape index (κ1) is 10.9. The molecular formula is C13H16N2O. The molecule has 16 heavy (non-hydrogen) atoms. The van der Waals surface area contributed by atoms with Crippen molar-refractivity contribution in [2.24, 2.45) is 5.92 Å². The topological polar surface area (TPSA) is 33.2 Å². The molecule has 1 unspecified atom stereocenters. The minimum Gasteiger partial charge on any atom is -0.310 e. The molecule has 1 fully saturated rings. The number of hydrogen-bond donors (Lipinski definition) is 0. The monoisotopic (exact) mass is 216 g/mol. The van der Waals surface area contributed by atoms with Crippen LogP contribution in [0.1, 0.15) is 17.8 Å². The van der Waals surface area contributed by atoms with Crippen LogP contribution < -0.4 is 4.90 Å². The molecule has 0 aliphatic carbocycles. The molecule has 1 saturated heterocycles. The number of amides is 1. The van der Waals surface area contributed by atoms with Crippen LogP contribution in [0.3, 0.4) is 0 Å². The van der Waals surface area contributed by atoms with Crippen molar-refractivity contribution in [3.8, 4) is 0 Å². The van der Waals surface area contributed by atoms with E-state index in [-0.39, 0.29) is 11.8 Å². The number of aromatic nitrogens is 1. The first-order valence-electron chi connectivity index (χ1n) is 5.49. The predicted octanol–water partition coefficient (Wildman–Crippen LogP) is 2.24. The van der Waals surface area contributed by atoms with E-state index < -0.39 is 0 Å². The Hall–Kier alpha value is -1.64. The highest BCUT2D eigenvalue weighted by Crippen LogP contribution is 2.27. The molecule has 84 valence electrons. The van der Waals surface area contributed by atoms with Gasteiger partial charge < -0.3 is 4.90 Å². The number of hydrogen-bond acceptors (Lipinski definition) is 2. The minimum atomic E-state index is 0.165. The zero-order valence-corrected chi connectivity index (χ0v) is 9.73. The molecule has 3 nitrogen and oxygen atoms in total. The normalized spacial score (nSPS) is 20.2. The summed E-state index contributed by atoms with van der Waals surface area (Å²) in [4.78, 5) is 18.0. The van der Waals surface area contributed by atoms with Crippen molar-refractivity contribution in [1.82, 2.24) is 4.98 Å². The molecule has 0 aromatic carbocycles. The van der Waals surface area contributed by atoms with Crippen LogP contribution in [0.5, 0.6) is 0 Å². The smallest absolute Gasteiger partial charge is 0.227 e. The van der Waals surface area contributed by atoms with Gasteiger partial charge in [-0.05, 0) is 26.0 Å². The standard InChI is InChI=1S/C13H16N2O/c1-4-11-7-13(16)15(8-11)12-6-5-9(2)14-10(12)3/h4-6,11H,1,7-8H2,2-3H3. The Morgan fingerprint density at radius 1 is 1.50 bits per heavy atom. The summed E-state index contributed by atoms with van der Waals surface area (Å²) in [6, 6.07) is 3.91. The van der Waals surface area contributed by atoms with Gasteiger partial charge in [-0.25, -0.2) is 0 Å². The Bertz CT molecular complexity index is 440. The largest absolute Gasteiger partial charge is 0.310 e. The summed E-state index contributed by atoms with van der Waals surface area (Å²) in [6.45, 7) is 8.37. The molecule has 0 bridgehead atoms. The van der Waals surface area contributed by atoms with E-state index >= 15 is 0 Å². The lowest BCUT2D eigenvalue weighted by Crippen LogP contribution is -2.25. The third-order valence-electron chi connectivity index (χ3n) is 2.98. The number of aryl methyl sites for hydroxylation is 2. The number of carbonyl (C=O) groups excluding carboxylic acids is 1. The quantitative estimate of drug-likeness (QED) is 0.710. The van der Waals surface area contributed by atoms with E-state index in [2.05, 4.69) is 11.6 Å². The second-order valence-electron chi connectivity index (χ2n) is 4.26. The molecule has 1 amide bonds. The van der Waals surface area contributed by atoms with E-state index in [1.54, 1.807) is 0 Å². The number of nitrogens with zero attached hydrogens (tertiary/aromatic N) is 2. The van der Waals surface area contributed by atoms with Gasteiger partial charge in [0.2, 0.25) is 5.91 Å². The summed E-state index contributed by atoms with van der Waals surface area (Å²) in [5.74, 6) is 0.437. The van der Waals surface area contributed by atoms with Crippen LogP contribution >= 0.6 is 0 Å². The maximum Gasteiger partial charge on any atom is 0.227 e. The van der Waals surface area contributed by atoms with Gasteiger partial charge in [-0.2, -0.15) is 0 Å². The molecule has 0 N–H and O–H groups in total.